The molecule has 1 fully saturated rings. The van der Waals surface area contributed by atoms with E-state index in [4.69, 9.17) is 0 Å². The van der Waals surface area contributed by atoms with Crippen molar-refractivity contribution in [3.05, 3.63) is 29.8 Å². The lowest BCUT2D eigenvalue weighted by molar-refractivity contribution is 0.0115. The molecule has 13 heavy (non-hydrogen) atoms. The summed E-state index contributed by atoms with van der Waals surface area (Å²) in [6.07, 6.45) is 3.37. The molecule has 3 heteroatoms. The van der Waals surface area contributed by atoms with Crippen LogP contribution in [0.2, 0.25) is 0 Å². The molecule has 1 aromatic heterocycles. The molecule has 1 aliphatic rings. The van der Waals surface area contributed by atoms with Gasteiger partial charge in [0.05, 0.1) is 12.3 Å². The first kappa shape index (κ1) is 8.63. The molecule has 0 bridgehead atoms. The maximum Gasteiger partial charge on any atom is 0.141 e. The number of aliphatic hydroxyl groups excluding tert-OH is 1. The van der Waals surface area contributed by atoms with E-state index in [-0.39, 0.29) is 23.8 Å². The summed E-state index contributed by atoms with van der Waals surface area (Å²) in [5, 5.41) is 9.30. The number of hydrogen-bond acceptors (Lipinski definition) is 2. The lowest BCUT2D eigenvalue weighted by atomic mass is 9.69. The van der Waals surface area contributed by atoms with Crippen molar-refractivity contribution in [1.29, 1.82) is 0 Å². The standard InChI is InChI=1S/C10H12FNO/c1-6-9(3-10(6)13)7-2-8(11)5-12-4-7/h2,4-6,9-10,13H,3H2,1H3. The zero-order valence-corrected chi connectivity index (χ0v) is 7.44. The van der Waals surface area contributed by atoms with E-state index in [9.17, 15) is 9.50 Å². The zero-order chi connectivity index (χ0) is 9.42. The highest BCUT2D eigenvalue weighted by Gasteiger charge is 2.37. The van der Waals surface area contributed by atoms with Crippen molar-refractivity contribution in [1.82, 2.24) is 4.98 Å². The van der Waals surface area contributed by atoms with Gasteiger partial charge < -0.3 is 5.11 Å². The summed E-state index contributed by atoms with van der Waals surface area (Å²) < 4.78 is 12.8. The van der Waals surface area contributed by atoms with E-state index in [1.807, 2.05) is 6.92 Å². The van der Waals surface area contributed by atoms with E-state index in [0.29, 0.717) is 0 Å². The Morgan fingerprint density at radius 1 is 1.54 bits per heavy atom. The van der Waals surface area contributed by atoms with E-state index in [1.165, 1.54) is 12.3 Å². The summed E-state index contributed by atoms with van der Waals surface area (Å²) >= 11 is 0. The van der Waals surface area contributed by atoms with Crippen LogP contribution in [-0.4, -0.2) is 16.2 Å². The first-order chi connectivity index (χ1) is 6.18. The first-order valence-corrected chi connectivity index (χ1v) is 4.47. The molecule has 2 rings (SSSR count). The minimum absolute atomic E-state index is 0.226. The van der Waals surface area contributed by atoms with Crippen molar-refractivity contribution < 1.29 is 9.50 Å². The van der Waals surface area contributed by atoms with Gasteiger partial charge in [-0.15, -0.1) is 0 Å². The van der Waals surface area contributed by atoms with Crippen molar-refractivity contribution in [3.8, 4) is 0 Å². The summed E-state index contributed by atoms with van der Waals surface area (Å²) in [6, 6.07) is 1.50. The second kappa shape index (κ2) is 3.07. The third-order valence-corrected chi connectivity index (χ3v) is 2.89. The van der Waals surface area contributed by atoms with Crippen LogP contribution in [0.15, 0.2) is 18.5 Å². The Morgan fingerprint density at radius 3 is 2.85 bits per heavy atom. The van der Waals surface area contributed by atoms with Gasteiger partial charge in [-0.05, 0) is 29.9 Å². The summed E-state index contributed by atoms with van der Waals surface area (Å²) in [7, 11) is 0. The zero-order valence-electron chi connectivity index (χ0n) is 7.44. The second-order valence-electron chi connectivity index (χ2n) is 3.71. The highest BCUT2D eigenvalue weighted by molar-refractivity contribution is 5.20. The quantitative estimate of drug-likeness (QED) is 0.715. The highest BCUT2D eigenvalue weighted by atomic mass is 19.1. The molecule has 0 amide bonds. The van der Waals surface area contributed by atoms with Crippen molar-refractivity contribution in [2.45, 2.75) is 25.4 Å². The van der Waals surface area contributed by atoms with Gasteiger partial charge in [0.1, 0.15) is 5.82 Å². The van der Waals surface area contributed by atoms with Crippen LogP contribution in [0.25, 0.3) is 0 Å². The van der Waals surface area contributed by atoms with Crippen LogP contribution in [0.3, 0.4) is 0 Å². The topological polar surface area (TPSA) is 33.1 Å². The summed E-state index contributed by atoms with van der Waals surface area (Å²) in [5.41, 5.74) is 0.901. The molecule has 0 spiro atoms. The van der Waals surface area contributed by atoms with Gasteiger partial charge in [0.15, 0.2) is 0 Å². The molecule has 0 saturated heterocycles. The molecular weight excluding hydrogens is 169 g/mol. The molecule has 0 aliphatic heterocycles. The highest BCUT2D eigenvalue weighted by Crippen LogP contribution is 2.41. The Balaban J connectivity index is 2.18. The summed E-state index contributed by atoms with van der Waals surface area (Å²) in [5.74, 6) is 0.202. The lowest BCUT2D eigenvalue weighted by Gasteiger charge is -2.39. The SMILES string of the molecule is CC1C(O)CC1c1cncc(F)c1. The lowest BCUT2D eigenvalue weighted by Crippen LogP contribution is -2.37. The fourth-order valence-corrected chi connectivity index (χ4v) is 1.83. The fraction of sp³-hybridized carbons (Fsp3) is 0.500. The van der Waals surface area contributed by atoms with Crippen molar-refractivity contribution in [2.75, 3.05) is 0 Å². The first-order valence-electron chi connectivity index (χ1n) is 4.47. The number of aliphatic hydroxyl groups is 1. The van der Waals surface area contributed by atoms with Gasteiger partial charge in [-0.3, -0.25) is 4.98 Å². The molecule has 3 unspecified atom stereocenters. The molecule has 0 radical (unpaired) electrons. The van der Waals surface area contributed by atoms with Gasteiger partial charge >= 0.3 is 0 Å². The number of aromatic nitrogens is 1. The van der Waals surface area contributed by atoms with E-state index < -0.39 is 0 Å². The van der Waals surface area contributed by atoms with E-state index >= 15 is 0 Å². The predicted molar refractivity (Wildman–Crippen MR) is 46.7 cm³/mol. The van der Waals surface area contributed by atoms with Gasteiger partial charge in [-0.1, -0.05) is 6.92 Å². The molecular formula is C10H12FNO. The van der Waals surface area contributed by atoms with Crippen LogP contribution in [0.4, 0.5) is 4.39 Å². The largest absolute Gasteiger partial charge is 0.393 e. The van der Waals surface area contributed by atoms with Crippen LogP contribution < -0.4 is 0 Å². The van der Waals surface area contributed by atoms with Gasteiger partial charge in [-0.2, -0.15) is 0 Å². The smallest absolute Gasteiger partial charge is 0.141 e. The van der Waals surface area contributed by atoms with Gasteiger partial charge in [0.2, 0.25) is 0 Å². The maximum atomic E-state index is 12.8. The van der Waals surface area contributed by atoms with E-state index in [1.54, 1.807) is 6.20 Å². The van der Waals surface area contributed by atoms with E-state index in [2.05, 4.69) is 4.98 Å². The van der Waals surface area contributed by atoms with Crippen molar-refractivity contribution in [2.24, 2.45) is 5.92 Å². The molecule has 3 atom stereocenters. The number of rotatable bonds is 1. The molecule has 1 heterocycles. The van der Waals surface area contributed by atoms with Crippen LogP contribution >= 0.6 is 0 Å². The molecule has 1 aromatic rings. The fourth-order valence-electron chi connectivity index (χ4n) is 1.83. The summed E-state index contributed by atoms with van der Waals surface area (Å²) in [4.78, 5) is 3.79. The third-order valence-electron chi connectivity index (χ3n) is 2.89. The van der Waals surface area contributed by atoms with Crippen molar-refractivity contribution in [3.63, 3.8) is 0 Å². The number of nitrogens with zero attached hydrogens (tertiary/aromatic N) is 1. The third kappa shape index (κ3) is 1.44. The monoisotopic (exact) mass is 181 g/mol. The minimum Gasteiger partial charge on any atom is -0.393 e. The maximum absolute atomic E-state index is 12.8. The van der Waals surface area contributed by atoms with Crippen LogP contribution in [0.5, 0.6) is 0 Å². The van der Waals surface area contributed by atoms with Crippen LogP contribution in [0, 0.1) is 11.7 Å². The second-order valence-corrected chi connectivity index (χ2v) is 3.71. The van der Waals surface area contributed by atoms with Gasteiger partial charge in [0, 0.05) is 6.20 Å². The Kier molecular flexibility index (Phi) is 2.04. The number of halogens is 1. The predicted octanol–water partition coefficient (Wildman–Crippen LogP) is 1.70. The average molecular weight is 181 g/mol. The van der Waals surface area contributed by atoms with E-state index in [0.717, 1.165) is 12.0 Å². The Bertz CT molecular complexity index is 316. The molecule has 1 saturated carbocycles. The van der Waals surface area contributed by atoms with Crippen LogP contribution in [-0.2, 0) is 0 Å². The molecule has 1 N–H and O–H groups in total. The number of pyridine rings is 1. The Hall–Kier alpha value is -0.960. The average Bonchev–Trinajstić information content (AvgIpc) is 2.13. The molecule has 1 aliphatic carbocycles. The number of hydrogen-bond donors (Lipinski definition) is 1. The summed E-state index contributed by atoms with van der Waals surface area (Å²) in [6.45, 7) is 1.98. The minimum atomic E-state index is -0.300. The molecule has 70 valence electrons. The Morgan fingerprint density at radius 2 is 2.31 bits per heavy atom. The Labute approximate surface area is 76.4 Å². The normalized spacial score (nSPS) is 32.7. The van der Waals surface area contributed by atoms with Gasteiger partial charge in [-0.25, -0.2) is 4.39 Å². The molecule has 0 aromatic carbocycles. The molecule has 2 nitrogen and oxygen atoms in total. The van der Waals surface area contributed by atoms with Gasteiger partial charge in [0.25, 0.3) is 0 Å². The van der Waals surface area contributed by atoms with Crippen LogP contribution in [0.1, 0.15) is 24.8 Å². The van der Waals surface area contributed by atoms with Crippen molar-refractivity contribution >= 4 is 0 Å².